The predicted molar refractivity (Wildman–Crippen MR) is 259 cm³/mol. The van der Waals surface area contributed by atoms with E-state index in [9.17, 15) is 38.4 Å². The van der Waals surface area contributed by atoms with Crippen LogP contribution >= 0.6 is 0 Å². The lowest BCUT2D eigenvalue weighted by Gasteiger charge is -2.32. The number of aliphatic imine (C=N–C) groups is 1. The summed E-state index contributed by atoms with van der Waals surface area (Å²) in [7, 11) is 0. The smallest absolute Gasteiger partial charge is 0.246 e. The highest BCUT2D eigenvalue weighted by Gasteiger charge is 2.42. The molecule has 2 aromatic heterocycles. The molecule has 70 heavy (non-hydrogen) atoms. The number of hydrogen-bond donors (Lipinski definition) is 11. The summed E-state index contributed by atoms with van der Waals surface area (Å²) in [5.41, 5.74) is 19.1. The van der Waals surface area contributed by atoms with Gasteiger partial charge in [0, 0.05) is 67.8 Å². The molecule has 0 bridgehead atoms. The van der Waals surface area contributed by atoms with Crippen LogP contribution in [0.5, 0.6) is 0 Å². The van der Waals surface area contributed by atoms with Crippen molar-refractivity contribution in [3.05, 3.63) is 90.1 Å². The number of nitrogens with two attached hydrogens (primary N) is 3. The number of guanidine groups is 1. The van der Waals surface area contributed by atoms with Crippen molar-refractivity contribution in [1.82, 2.24) is 51.8 Å². The molecule has 0 radical (unpaired) electrons. The number of likely N-dealkylation sites (tertiary alicyclic amines) is 1. The van der Waals surface area contributed by atoms with E-state index in [4.69, 9.17) is 17.2 Å². The second-order valence-electron chi connectivity index (χ2n) is 17.9. The normalized spacial score (nSPS) is 18.0. The summed E-state index contributed by atoms with van der Waals surface area (Å²) in [6.07, 6.45) is 6.69. The SMILES string of the molecule is CC[C@H](C)[C@H](NC(=O)[C@@H]1CCC(=O)N1)C(=O)N1CCC[C@@H]1C(=O)N[C@@H](Cc1c[nH]c2ccccc12)C(=O)N[C@@H](Cc1ccccc1)C(=O)N[C@@H](Cc1cnc[nH]1)C(=O)N[C@@H](CCCN=C(N)N)C(N)=O. The number of fused-ring (bicyclic) bond motifs is 1. The molecule has 2 aliphatic heterocycles. The molecule has 4 aromatic rings. The quantitative estimate of drug-likeness (QED) is 0.0235. The molecule has 0 saturated carbocycles. The number of aromatic amines is 2. The Morgan fingerprint density at radius 1 is 0.800 bits per heavy atom. The number of aromatic nitrogens is 3. The summed E-state index contributed by atoms with van der Waals surface area (Å²) in [5, 5.41) is 17.5. The van der Waals surface area contributed by atoms with Crippen molar-refractivity contribution in [2.45, 2.75) is 120 Å². The standard InChI is InChI=1S/C48H64N14O8/c1-3-27(2)40(61-42(65)34-17-18-39(63)56-34)47(70)62-20-10-16-38(62)46(69)60-36(22-29-24-54-32-14-8-7-13-31(29)32)44(67)58-35(21-28-11-5-4-6-12-28)43(66)59-37(23-30-25-52-26-55-30)45(68)57-33(41(49)64)15-9-19-53-48(50)51/h4-8,11-14,24-27,33-38,40,54H,3,9-10,15-23H2,1-2H3,(H2,49,64)(H,52,55)(H,56,63)(H,57,68)(H,58,67)(H,59,66)(H,60,69)(H,61,65)(H4,50,51,53)/t27-,33-,34-,35-,36-,37-,38+,40-/m0/s1. The van der Waals surface area contributed by atoms with Crippen molar-refractivity contribution in [3.8, 4) is 0 Å². The van der Waals surface area contributed by atoms with Gasteiger partial charge in [0.15, 0.2) is 5.96 Å². The highest BCUT2D eigenvalue weighted by Crippen LogP contribution is 2.24. The maximum atomic E-state index is 14.8. The molecule has 2 aromatic carbocycles. The van der Waals surface area contributed by atoms with Crippen LogP contribution in [0.4, 0.5) is 0 Å². The first kappa shape index (κ1) is 51.6. The van der Waals surface area contributed by atoms with E-state index < -0.39 is 83.6 Å². The molecule has 2 aliphatic rings. The Morgan fingerprint density at radius 3 is 2.11 bits per heavy atom. The molecule has 0 aliphatic carbocycles. The highest BCUT2D eigenvalue weighted by molar-refractivity contribution is 5.99. The third-order valence-electron chi connectivity index (χ3n) is 12.8. The van der Waals surface area contributed by atoms with Gasteiger partial charge in [0.2, 0.25) is 47.3 Å². The molecule has 22 nitrogen and oxygen atoms in total. The van der Waals surface area contributed by atoms with Crippen LogP contribution in [-0.4, -0.2) is 128 Å². The summed E-state index contributed by atoms with van der Waals surface area (Å²) < 4.78 is 0. The monoisotopic (exact) mass is 965 g/mol. The average molecular weight is 965 g/mol. The molecular weight excluding hydrogens is 901 g/mol. The molecule has 0 unspecified atom stereocenters. The zero-order valence-electron chi connectivity index (χ0n) is 39.4. The van der Waals surface area contributed by atoms with Crippen molar-refractivity contribution in [3.63, 3.8) is 0 Å². The predicted octanol–water partition coefficient (Wildman–Crippen LogP) is -0.802. The first-order valence-electron chi connectivity index (χ1n) is 23.6. The van der Waals surface area contributed by atoms with Crippen molar-refractivity contribution in [2.75, 3.05) is 13.1 Å². The second kappa shape index (κ2) is 24.5. The summed E-state index contributed by atoms with van der Waals surface area (Å²) in [6, 6.07) is 8.56. The zero-order chi connectivity index (χ0) is 50.3. The van der Waals surface area contributed by atoms with Crippen LogP contribution in [0, 0.1) is 5.92 Å². The molecule has 374 valence electrons. The van der Waals surface area contributed by atoms with Gasteiger partial charge in [-0.15, -0.1) is 0 Å². The second-order valence-corrected chi connectivity index (χ2v) is 17.9. The summed E-state index contributed by atoms with van der Waals surface area (Å²) in [6.45, 7) is 4.12. The van der Waals surface area contributed by atoms with Gasteiger partial charge in [-0.25, -0.2) is 4.98 Å². The van der Waals surface area contributed by atoms with Crippen molar-refractivity contribution < 1.29 is 38.4 Å². The zero-order valence-corrected chi connectivity index (χ0v) is 39.4. The Bertz CT molecular complexity index is 2510. The Kier molecular flexibility index (Phi) is 18.1. The van der Waals surface area contributed by atoms with Gasteiger partial charge in [0.25, 0.3) is 0 Å². The van der Waals surface area contributed by atoms with E-state index in [2.05, 4.69) is 51.8 Å². The maximum absolute atomic E-state index is 14.8. The maximum Gasteiger partial charge on any atom is 0.246 e. The Labute approximate surface area is 404 Å². The summed E-state index contributed by atoms with van der Waals surface area (Å²) >= 11 is 0. The van der Waals surface area contributed by atoms with E-state index in [1.807, 2.05) is 38.1 Å². The number of carbonyl (C=O) groups excluding carboxylic acids is 8. The number of rotatable bonds is 24. The van der Waals surface area contributed by atoms with Crippen LogP contribution in [0.15, 0.2) is 78.3 Å². The topological polar surface area (TPSA) is 347 Å². The van der Waals surface area contributed by atoms with Crippen molar-refractivity contribution >= 4 is 64.1 Å². The highest BCUT2D eigenvalue weighted by atomic mass is 16.2. The van der Waals surface area contributed by atoms with Crippen molar-refractivity contribution in [2.24, 2.45) is 28.1 Å². The minimum atomic E-state index is -1.31. The van der Waals surface area contributed by atoms with E-state index in [0.29, 0.717) is 42.5 Å². The molecule has 22 heteroatoms. The van der Waals surface area contributed by atoms with Crippen LogP contribution < -0.4 is 49.1 Å². The van der Waals surface area contributed by atoms with Gasteiger partial charge in [-0.1, -0.05) is 68.8 Å². The molecule has 8 amide bonds. The Morgan fingerprint density at radius 2 is 1.47 bits per heavy atom. The first-order chi connectivity index (χ1) is 33.6. The number of H-pyrrole nitrogens is 2. The first-order valence-corrected chi connectivity index (χ1v) is 23.6. The van der Waals surface area contributed by atoms with Gasteiger partial charge in [0.1, 0.15) is 42.3 Å². The largest absolute Gasteiger partial charge is 0.370 e. The van der Waals surface area contributed by atoms with E-state index in [1.165, 1.54) is 17.4 Å². The molecular formula is C48H64N14O8. The fourth-order valence-corrected chi connectivity index (χ4v) is 8.72. The number of imidazole rings is 1. The lowest BCUT2D eigenvalue weighted by atomic mass is 9.96. The molecule has 8 atom stereocenters. The van der Waals surface area contributed by atoms with E-state index in [1.54, 1.807) is 36.5 Å². The summed E-state index contributed by atoms with van der Waals surface area (Å²) in [4.78, 5) is 125. The molecule has 2 fully saturated rings. The van der Waals surface area contributed by atoms with Crippen molar-refractivity contribution in [1.29, 1.82) is 0 Å². The van der Waals surface area contributed by atoms with Gasteiger partial charge in [-0.2, -0.15) is 0 Å². The Balaban J connectivity index is 1.25. The summed E-state index contributed by atoms with van der Waals surface area (Å²) in [5.74, 6) is -5.26. The molecule has 14 N–H and O–H groups in total. The van der Waals surface area contributed by atoms with Gasteiger partial charge in [0.05, 0.1) is 6.33 Å². The number of nitrogens with one attached hydrogen (secondary N) is 8. The Hall–Kier alpha value is -7.78. The molecule has 6 rings (SSSR count). The van der Waals surface area contributed by atoms with Crippen LogP contribution in [0.1, 0.15) is 75.6 Å². The fourth-order valence-electron chi connectivity index (χ4n) is 8.72. The number of amides is 8. The lowest BCUT2D eigenvalue weighted by Crippen LogP contribution is -2.61. The number of nitrogens with zero attached hydrogens (tertiary/aromatic N) is 3. The lowest BCUT2D eigenvalue weighted by molar-refractivity contribution is -0.143. The van der Waals surface area contributed by atoms with Gasteiger partial charge >= 0.3 is 0 Å². The van der Waals surface area contributed by atoms with Crippen LogP contribution in [0.2, 0.25) is 0 Å². The number of benzene rings is 2. The molecule has 4 heterocycles. The number of hydrogen-bond acceptors (Lipinski definition) is 10. The minimum absolute atomic E-state index is 0.0247. The van der Waals surface area contributed by atoms with E-state index in [0.717, 1.165) is 10.9 Å². The molecule has 0 spiro atoms. The van der Waals surface area contributed by atoms with E-state index in [-0.39, 0.29) is 69.4 Å². The number of carbonyl (C=O) groups is 8. The van der Waals surface area contributed by atoms with Crippen LogP contribution in [0.25, 0.3) is 10.9 Å². The van der Waals surface area contributed by atoms with Crippen LogP contribution in [-0.2, 0) is 57.6 Å². The number of para-hydroxylation sites is 1. The van der Waals surface area contributed by atoms with Gasteiger partial charge in [-0.05, 0) is 55.2 Å². The van der Waals surface area contributed by atoms with Crippen LogP contribution in [0.3, 0.4) is 0 Å². The molecule has 2 saturated heterocycles. The number of primary amides is 1. The average Bonchev–Trinajstić information content (AvgIpc) is 4.20. The third kappa shape index (κ3) is 13.9. The van der Waals surface area contributed by atoms with Gasteiger partial charge in [-0.3, -0.25) is 43.3 Å². The minimum Gasteiger partial charge on any atom is -0.370 e. The fraction of sp³-hybridized carbons (Fsp3) is 0.458. The van der Waals surface area contributed by atoms with E-state index >= 15 is 0 Å². The van der Waals surface area contributed by atoms with Gasteiger partial charge < -0.3 is 64.0 Å². The third-order valence-corrected chi connectivity index (χ3v) is 12.8.